The maximum Gasteiger partial charge on any atom is 0.232 e. The van der Waals surface area contributed by atoms with E-state index < -0.39 is 52.8 Å². The fourth-order valence-corrected chi connectivity index (χ4v) is 1.44. The van der Waals surface area contributed by atoms with Crippen molar-refractivity contribution in [2.45, 2.75) is 13.1 Å². The number of halogens is 5. The van der Waals surface area contributed by atoms with Crippen molar-refractivity contribution in [3.63, 3.8) is 0 Å². The fourth-order valence-electron chi connectivity index (χ4n) is 1.44. The summed E-state index contributed by atoms with van der Waals surface area (Å²) in [5.41, 5.74) is 4.13. The first-order chi connectivity index (χ1) is 9.79. The zero-order valence-corrected chi connectivity index (χ0v) is 10.5. The van der Waals surface area contributed by atoms with E-state index >= 15 is 0 Å². The second-order valence-corrected chi connectivity index (χ2v) is 3.96. The largest absolute Gasteiger partial charge is 0.368 e. The highest BCUT2D eigenvalue weighted by Gasteiger charge is 2.21. The van der Waals surface area contributed by atoms with Crippen molar-refractivity contribution >= 4 is 17.6 Å². The third-order valence-corrected chi connectivity index (χ3v) is 2.37. The lowest BCUT2D eigenvalue weighted by Crippen LogP contribution is -2.10. The minimum Gasteiger partial charge on any atom is -0.368 e. The fraction of sp³-hybridized carbons (Fsp3) is 0.182. The molecule has 2 rings (SSSR count). The van der Waals surface area contributed by atoms with Crippen LogP contribution in [0.2, 0.25) is 0 Å². The van der Waals surface area contributed by atoms with Crippen LogP contribution in [0.25, 0.3) is 0 Å². The molecule has 10 heteroatoms. The number of hydrogen-bond donors (Lipinski definition) is 2. The van der Waals surface area contributed by atoms with Gasteiger partial charge in [0.15, 0.2) is 35.3 Å². The third kappa shape index (κ3) is 2.98. The number of benzene rings is 1. The molecule has 0 aliphatic rings. The van der Waals surface area contributed by atoms with Crippen LogP contribution in [-0.4, -0.2) is 15.0 Å². The predicted octanol–water partition coefficient (Wildman–Crippen LogP) is 2.78. The van der Waals surface area contributed by atoms with Crippen LogP contribution in [0.4, 0.5) is 39.5 Å². The molecule has 1 atom stereocenters. The van der Waals surface area contributed by atoms with Crippen molar-refractivity contribution in [3.8, 4) is 0 Å². The van der Waals surface area contributed by atoms with E-state index in [9.17, 15) is 22.0 Å². The van der Waals surface area contributed by atoms with E-state index in [0.717, 1.165) is 6.92 Å². The molecule has 1 unspecified atom stereocenters. The first-order valence-corrected chi connectivity index (χ1v) is 5.55. The molecule has 21 heavy (non-hydrogen) atoms. The number of alkyl halides is 1. The molecule has 112 valence electrons. The molecule has 0 radical (unpaired) electrons. The highest BCUT2D eigenvalue weighted by molar-refractivity contribution is 5.56. The summed E-state index contributed by atoms with van der Waals surface area (Å²) in [4.78, 5) is 10.4. The summed E-state index contributed by atoms with van der Waals surface area (Å²) in [5, 5.41) is 1.92. The van der Waals surface area contributed by atoms with Crippen LogP contribution in [0, 0.1) is 23.3 Å². The summed E-state index contributed by atoms with van der Waals surface area (Å²) in [6.45, 7) is 1.10. The number of rotatable bonds is 3. The van der Waals surface area contributed by atoms with Crippen LogP contribution in [0.15, 0.2) is 6.07 Å². The lowest BCUT2D eigenvalue weighted by molar-refractivity contribution is 0.356. The van der Waals surface area contributed by atoms with E-state index in [-0.39, 0.29) is 6.07 Å². The van der Waals surface area contributed by atoms with Crippen LogP contribution in [0.3, 0.4) is 0 Å². The summed E-state index contributed by atoms with van der Waals surface area (Å²) in [6.07, 6.45) is -1.63. The number of aromatic nitrogens is 3. The van der Waals surface area contributed by atoms with Crippen LogP contribution in [-0.2, 0) is 0 Å². The van der Waals surface area contributed by atoms with Crippen molar-refractivity contribution in [2.75, 3.05) is 11.1 Å². The van der Waals surface area contributed by atoms with Gasteiger partial charge in [0, 0.05) is 6.07 Å². The standard InChI is InChI=1S/C11H8F5N5/c1-3(12)9-19-10(17)21-11(20-9)18-8-6(15)4(13)2-5(14)7(8)16/h2-3H,1H3,(H3,17,18,19,20,21). The summed E-state index contributed by atoms with van der Waals surface area (Å²) >= 11 is 0. The SMILES string of the molecule is CC(F)c1nc(N)nc(Nc2c(F)c(F)cc(F)c2F)n1. The van der Waals surface area contributed by atoms with E-state index in [1.54, 1.807) is 0 Å². The Hall–Kier alpha value is -2.52. The molecule has 0 aliphatic carbocycles. The lowest BCUT2D eigenvalue weighted by atomic mass is 10.2. The van der Waals surface area contributed by atoms with E-state index in [4.69, 9.17) is 5.73 Å². The Bertz CT molecular complexity index is 665. The van der Waals surface area contributed by atoms with Crippen LogP contribution in [0.1, 0.15) is 18.9 Å². The van der Waals surface area contributed by atoms with Gasteiger partial charge in [-0.3, -0.25) is 0 Å². The number of nitrogen functional groups attached to an aromatic ring is 1. The number of nitrogens with zero attached hydrogens (tertiary/aromatic N) is 3. The number of nitrogens with two attached hydrogens (primary N) is 1. The van der Waals surface area contributed by atoms with Gasteiger partial charge >= 0.3 is 0 Å². The first kappa shape index (κ1) is 14.9. The molecule has 5 nitrogen and oxygen atoms in total. The van der Waals surface area contributed by atoms with Crippen molar-refractivity contribution in [3.05, 3.63) is 35.2 Å². The Labute approximate surface area is 115 Å². The molecule has 0 saturated heterocycles. The molecule has 1 heterocycles. The Morgan fingerprint density at radius 3 is 2.14 bits per heavy atom. The van der Waals surface area contributed by atoms with Crippen molar-refractivity contribution in [1.82, 2.24) is 15.0 Å². The summed E-state index contributed by atoms with van der Waals surface area (Å²) < 4.78 is 66.1. The van der Waals surface area contributed by atoms with Crippen LogP contribution < -0.4 is 11.1 Å². The molecular weight excluding hydrogens is 297 g/mol. The minimum absolute atomic E-state index is 0.0483. The zero-order chi connectivity index (χ0) is 15.7. The van der Waals surface area contributed by atoms with Gasteiger partial charge in [-0.2, -0.15) is 15.0 Å². The van der Waals surface area contributed by atoms with Gasteiger partial charge in [-0.15, -0.1) is 0 Å². The first-order valence-electron chi connectivity index (χ1n) is 5.55. The summed E-state index contributed by atoms with van der Waals surface area (Å²) in [5.74, 6) is -7.96. The molecule has 0 aliphatic heterocycles. The molecule has 1 aromatic heterocycles. The van der Waals surface area contributed by atoms with Crippen molar-refractivity contribution in [1.29, 1.82) is 0 Å². The van der Waals surface area contributed by atoms with Crippen LogP contribution in [0.5, 0.6) is 0 Å². The van der Waals surface area contributed by atoms with Gasteiger partial charge in [0.25, 0.3) is 0 Å². The average Bonchev–Trinajstić information content (AvgIpc) is 2.41. The molecular formula is C11H8F5N5. The highest BCUT2D eigenvalue weighted by atomic mass is 19.2. The predicted molar refractivity (Wildman–Crippen MR) is 63.3 cm³/mol. The van der Waals surface area contributed by atoms with E-state index in [1.165, 1.54) is 0 Å². The Kier molecular flexibility index (Phi) is 3.87. The highest BCUT2D eigenvalue weighted by Crippen LogP contribution is 2.26. The van der Waals surface area contributed by atoms with Crippen molar-refractivity contribution < 1.29 is 22.0 Å². The summed E-state index contributed by atoms with van der Waals surface area (Å²) in [7, 11) is 0. The molecule has 1 aromatic carbocycles. The van der Waals surface area contributed by atoms with Gasteiger partial charge in [-0.25, -0.2) is 22.0 Å². The molecule has 0 bridgehead atoms. The molecule has 2 aromatic rings. The van der Waals surface area contributed by atoms with Gasteiger partial charge < -0.3 is 11.1 Å². The average molecular weight is 305 g/mol. The van der Waals surface area contributed by atoms with E-state index in [2.05, 4.69) is 15.0 Å². The van der Waals surface area contributed by atoms with Gasteiger partial charge in [0.2, 0.25) is 11.9 Å². The quantitative estimate of drug-likeness (QED) is 0.673. The number of nitrogens with one attached hydrogen (secondary N) is 1. The Morgan fingerprint density at radius 2 is 1.62 bits per heavy atom. The molecule has 0 amide bonds. The number of anilines is 3. The maximum atomic E-state index is 13.5. The molecule has 3 N–H and O–H groups in total. The van der Waals surface area contributed by atoms with Gasteiger partial charge in [0.1, 0.15) is 5.69 Å². The van der Waals surface area contributed by atoms with Crippen LogP contribution >= 0.6 is 0 Å². The van der Waals surface area contributed by atoms with Gasteiger partial charge in [-0.05, 0) is 6.92 Å². The second kappa shape index (κ2) is 5.46. The topological polar surface area (TPSA) is 76.7 Å². The second-order valence-electron chi connectivity index (χ2n) is 3.96. The monoisotopic (exact) mass is 305 g/mol. The lowest BCUT2D eigenvalue weighted by Gasteiger charge is -2.10. The van der Waals surface area contributed by atoms with Crippen molar-refractivity contribution in [2.24, 2.45) is 0 Å². The third-order valence-electron chi connectivity index (χ3n) is 2.37. The normalized spacial score (nSPS) is 12.3. The Morgan fingerprint density at radius 1 is 1.05 bits per heavy atom. The minimum atomic E-state index is -1.68. The van der Waals surface area contributed by atoms with E-state index in [1.807, 2.05) is 5.32 Å². The van der Waals surface area contributed by atoms with Gasteiger partial charge in [-0.1, -0.05) is 0 Å². The van der Waals surface area contributed by atoms with E-state index in [0.29, 0.717) is 0 Å². The number of hydrogen-bond acceptors (Lipinski definition) is 5. The molecule has 0 fully saturated rings. The molecule has 0 spiro atoms. The molecule has 0 saturated carbocycles. The maximum absolute atomic E-state index is 13.5. The zero-order valence-electron chi connectivity index (χ0n) is 10.5. The Balaban J connectivity index is 2.48. The smallest absolute Gasteiger partial charge is 0.232 e. The van der Waals surface area contributed by atoms with Gasteiger partial charge in [0.05, 0.1) is 0 Å². The summed E-state index contributed by atoms with van der Waals surface area (Å²) in [6, 6.07) is 0.0483.